The van der Waals surface area contributed by atoms with Crippen molar-refractivity contribution in [1.29, 1.82) is 5.26 Å². The number of fused-ring (bicyclic) bond motifs is 1. The van der Waals surface area contributed by atoms with Crippen molar-refractivity contribution in [3.05, 3.63) is 82.0 Å². The molecule has 0 atom stereocenters. The number of methoxy groups -OCH3 is 1. The Morgan fingerprint density at radius 1 is 1.03 bits per heavy atom. The molecule has 2 N–H and O–H groups in total. The van der Waals surface area contributed by atoms with Gasteiger partial charge in [0.1, 0.15) is 21.7 Å². The molecule has 190 valence electrons. The van der Waals surface area contributed by atoms with E-state index in [9.17, 15) is 13.7 Å². The topological polar surface area (TPSA) is 104 Å². The molecule has 0 aliphatic heterocycles. The van der Waals surface area contributed by atoms with Crippen LogP contribution in [0, 0.1) is 11.3 Å². The number of hydrogen-bond donors (Lipinski definition) is 2. The van der Waals surface area contributed by atoms with Gasteiger partial charge in [-0.3, -0.25) is 4.98 Å². The normalized spacial score (nSPS) is 11.3. The van der Waals surface area contributed by atoms with E-state index in [-0.39, 0.29) is 5.75 Å². The van der Waals surface area contributed by atoms with Gasteiger partial charge in [-0.1, -0.05) is 59.6 Å². The highest BCUT2D eigenvalue weighted by Gasteiger charge is 2.14. The van der Waals surface area contributed by atoms with E-state index >= 15 is 0 Å². The van der Waals surface area contributed by atoms with Gasteiger partial charge in [0.05, 0.1) is 45.4 Å². The van der Waals surface area contributed by atoms with Gasteiger partial charge in [-0.15, -0.1) is 0 Å². The van der Waals surface area contributed by atoms with Gasteiger partial charge >= 0.3 is 0 Å². The number of nitrogens with zero attached hydrogens (tertiary/aromatic N) is 2. The highest BCUT2D eigenvalue weighted by Crippen LogP contribution is 2.38. The lowest BCUT2D eigenvalue weighted by Gasteiger charge is -2.15. The van der Waals surface area contributed by atoms with Crippen molar-refractivity contribution in [2.45, 2.75) is 6.54 Å². The van der Waals surface area contributed by atoms with Crippen molar-refractivity contribution < 1.29 is 13.2 Å². The zero-order chi connectivity index (χ0) is 26.6. The highest BCUT2D eigenvalue weighted by molar-refractivity contribution is 7.90. The summed E-state index contributed by atoms with van der Waals surface area (Å²) in [5.74, 6) is 0.568. The first kappa shape index (κ1) is 26.7. The average Bonchev–Trinajstić information content (AvgIpc) is 2.87. The molecule has 0 aliphatic carbocycles. The van der Waals surface area contributed by atoms with Crippen LogP contribution in [0.5, 0.6) is 5.75 Å². The molecule has 0 amide bonds. The zero-order valence-electron chi connectivity index (χ0n) is 20.2. The molecule has 0 spiro atoms. The molecule has 3 aromatic carbocycles. The molecule has 1 heterocycles. The van der Waals surface area contributed by atoms with Crippen molar-refractivity contribution in [2.24, 2.45) is 0 Å². The molecule has 37 heavy (non-hydrogen) atoms. The van der Waals surface area contributed by atoms with Crippen LogP contribution in [0.1, 0.15) is 11.1 Å². The fraction of sp³-hybridized carbons (Fsp3) is 0.185. The summed E-state index contributed by atoms with van der Waals surface area (Å²) in [6.07, 6.45) is 2.76. The molecule has 0 bridgehead atoms. The Hall–Kier alpha value is -3.35. The molecular formula is C27H24Cl2N4O3S. The van der Waals surface area contributed by atoms with E-state index in [1.54, 1.807) is 12.1 Å². The van der Waals surface area contributed by atoms with Crippen molar-refractivity contribution in [3.8, 4) is 22.9 Å². The summed E-state index contributed by atoms with van der Waals surface area (Å²) in [6, 6.07) is 19.3. The third kappa shape index (κ3) is 6.51. The number of nitriles is 1. The van der Waals surface area contributed by atoms with Crippen molar-refractivity contribution in [2.75, 3.05) is 31.0 Å². The first-order valence-corrected chi connectivity index (χ1v) is 14.1. The number of anilines is 2. The van der Waals surface area contributed by atoms with Crippen molar-refractivity contribution >= 4 is 55.3 Å². The first-order chi connectivity index (χ1) is 17.7. The average molecular weight is 555 g/mol. The van der Waals surface area contributed by atoms with E-state index in [0.29, 0.717) is 51.3 Å². The summed E-state index contributed by atoms with van der Waals surface area (Å²) >= 11 is 12.6. The molecule has 0 radical (unpaired) electrons. The second-order valence-electron chi connectivity index (χ2n) is 8.49. The molecule has 0 unspecified atom stereocenters. The number of sulfone groups is 1. The fourth-order valence-electron chi connectivity index (χ4n) is 3.81. The molecule has 0 fully saturated rings. The van der Waals surface area contributed by atoms with Gasteiger partial charge in [-0.25, -0.2) is 8.42 Å². The third-order valence-electron chi connectivity index (χ3n) is 5.76. The van der Waals surface area contributed by atoms with E-state index in [2.05, 4.69) is 21.7 Å². The Kier molecular flexibility index (Phi) is 8.20. The van der Waals surface area contributed by atoms with Gasteiger partial charge in [0.2, 0.25) is 0 Å². The lowest BCUT2D eigenvalue weighted by atomic mass is 10.0. The van der Waals surface area contributed by atoms with E-state index in [4.69, 9.17) is 27.9 Å². The van der Waals surface area contributed by atoms with E-state index < -0.39 is 9.84 Å². The Labute approximate surface area is 225 Å². The summed E-state index contributed by atoms with van der Waals surface area (Å²) in [4.78, 5) is 4.50. The summed E-state index contributed by atoms with van der Waals surface area (Å²) in [5.41, 5.74) is 5.25. The third-order valence-corrected chi connectivity index (χ3v) is 7.31. The molecule has 4 aromatic rings. The van der Waals surface area contributed by atoms with Gasteiger partial charge in [-0.05, 0) is 28.8 Å². The first-order valence-electron chi connectivity index (χ1n) is 11.3. The van der Waals surface area contributed by atoms with E-state index in [1.807, 2.05) is 42.5 Å². The predicted octanol–water partition coefficient (Wildman–Crippen LogP) is 5.97. The Morgan fingerprint density at radius 3 is 2.43 bits per heavy atom. The van der Waals surface area contributed by atoms with Crippen LogP contribution in [0.2, 0.25) is 10.0 Å². The Balaban J connectivity index is 1.60. The highest BCUT2D eigenvalue weighted by atomic mass is 35.5. The monoisotopic (exact) mass is 554 g/mol. The standard InChI is InChI=1S/C27H24Cl2N4O3S/c1-36-26-13-25(22(28)12-23(26)29)33-27-20(14-30)16-32-24-11-19(7-8-21(24)27)18-5-3-17(4-6-18)15-31-9-10-37(2,34)35/h3-8,11-13,16,31H,9-10,15H2,1-2H3,(H,32,33). The van der Waals surface area contributed by atoms with Crippen molar-refractivity contribution in [1.82, 2.24) is 10.3 Å². The van der Waals surface area contributed by atoms with Gasteiger partial charge < -0.3 is 15.4 Å². The molecule has 0 saturated heterocycles. The number of benzene rings is 3. The van der Waals surface area contributed by atoms with Crippen LogP contribution < -0.4 is 15.4 Å². The molecule has 1 aromatic heterocycles. The molecule has 0 aliphatic rings. The molecule has 4 rings (SSSR count). The number of aromatic nitrogens is 1. The van der Waals surface area contributed by atoms with Gasteiger partial charge in [0.25, 0.3) is 0 Å². The Morgan fingerprint density at radius 2 is 1.76 bits per heavy atom. The van der Waals surface area contributed by atoms with Crippen LogP contribution in [0.25, 0.3) is 22.0 Å². The van der Waals surface area contributed by atoms with Gasteiger partial charge in [0, 0.05) is 37.0 Å². The van der Waals surface area contributed by atoms with Crippen LogP contribution in [-0.4, -0.2) is 39.1 Å². The van der Waals surface area contributed by atoms with Crippen LogP contribution in [-0.2, 0) is 16.4 Å². The van der Waals surface area contributed by atoms with Crippen LogP contribution >= 0.6 is 23.2 Å². The largest absolute Gasteiger partial charge is 0.495 e. The maximum atomic E-state index is 11.3. The molecule has 10 heteroatoms. The number of rotatable bonds is 9. The number of pyridine rings is 1. The van der Waals surface area contributed by atoms with Crippen LogP contribution in [0.3, 0.4) is 0 Å². The second kappa shape index (κ2) is 11.4. The zero-order valence-corrected chi connectivity index (χ0v) is 22.5. The quantitative estimate of drug-likeness (QED) is 0.245. The van der Waals surface area contributed by atoms with E-state index in [0.717, 1.165) is 22.1 Å². The summed E-state index contributed by atoms with van der Waals surface area (Å²) < 4.78 is 27.8. The summed E-state index contributed by atoms with van der Waals surface area (Å²) in [7, 11) is -1.46. The SMILES string of the molecule is COc1cc(Nc2c(C#N)cnc3cc(-c4ccc(CNCCS(C)(=O)=O)cc4)ccc23)c(Cl)cc1Cl. The fourth-order valence-corrected chi connectivity index (χ4v) is 4.84. The lowest BCUT2D eigenvalue weighted by molar-refractivity contribution is 0.415. The number of ether oxygens (including phenoxy) is 1. The minimum Gasteiger partial charge on any atom is -0.495 e. The number of nitrogens with one attached hydrogen (secondary N) is 2. The second-order valence-corrected chi connectivity index (χ2v) is 11.6. The minimum atomic E-state index is -2.98. The maximum Gasteiger partial charge on any atom is 0.148 e. The maximum absolute atomic E-state index is 11.3. The number of halogens is 2. The Bertz CT molecular complexity index is 1600. The van der Waals surface area contributed by atoms with Gasteiger partial charge in [-0.2, -0.15) is 5.26 Å². The summed E-state index contributed by atoms with van der Waals surface area (Å²) in [6.45, 7) is 0.991. The molecular weight excluding hydrogens is 531 g/mol. The molecule has 7 nitrogen and oxygen atoms in total. The van der Waals surface area contributed by atoms with Crippen LogP contribution in [0.4, 0.5) is 11.4 Å². The minimum absolute atomic E-state index is 0.108. The van der Waals surface area contributed by atoms with Gasteiger partial charge in [0.15, 0.2) is 0 Å². The predicted molar refractivity (Wildman–Crippen MR) is 150 cm³/mol. The van der Waals surface area contributed by atoms with Crippen molar-refractivity contribution in [3.63, 3.8) is 0 Å². The van der Waals surface area contributed by atoms with Crippen LogP contribution in [0.15, 0.2) is 60.8 Å². The molecule has 0 saturated carbocycles. The smallest absolute Gasteiger partial charge is 0.148 e. The lowest BCUT2D eigenvalue weighted by Crippen LogP contribution is -2.21. The van der Waals surface area contributed by atoms with E-state index in [1.165, 1.54) is 19.6 Å². The number of hydrogen-bond acceptors (Lipinski definition) is 7. The summed E-state index contributed by atoms with van der Waals surface area (Å²) in [5, 5.41) is 17.6.